The highest BCUT2D eigenvalue weighted by Gasteiger charge is 2.26. The van der Waals surface area contributed by atoms with Crippen LogP contribution in [0.15, 0.2) is 58.5 Å². The van der Waals surface area contributed by atoms with Crippen LogP contribution in [0.2, 0.25) is 5.15 Å². The second kappa shape index (κ2) is 5.31. The summed E-state index contributed by atoms with van der Waals surface area (Å²) in [5.41, 5.74) is -0.186. The number of pyridine rings is 1. The van der Waals surface area contributed by atoms with E-state index in [4.69, 9.17) is 11.6 Å². The summed E-state index contributed by atoms with van der Waals surface area (Å²) < 4.78 is 58.4. The van der Waals surface area contributed by atoms with Gasteiger partial charge in [0.2, 0.25) is 0 Å². The number of nitrogens with zero attached hydrogens (tertiary/aromatic N) is 2. The van der Waals surface area contributed by atoms with Crippen molar-refractivity contribution in [1.29, 1.82) is 0 Å². The normalized spacial score (nSPS) is 12.6. The van der Waals surface area contributed by atoms with Gasteiger partial charge in [0.15, 0.2) is 5.65 Å². The molecule has 2 heterocycles. The van der Waals surface area contributed by atoms with Gasteiger partial charge in [-0.1, -0.05) is 29.8 Å². The van der Waals surface area contributed by atoms with E-state index in [1.54, 1.807) is 6.07 Å². The molecule has 0 radical (unpaired) electrons. The summed E-state index contributed by atoms with van der Waals surface area (Å²) in [6, 6.07) is 10.0. The van der Waals surface area contributed by atoms with Crippen LogP contribution in [0.5, 0.6) is 0 Å². The lowest BCUT2D eigenvalue weighted by molar-refractivity contribution is 0.484. The first kappa shape index (κ1) is 15.9. The van der Waals surface area contributed by atoms with Gasteiger partial charge in [-0.3, -0.25) is 4.55 Å². The third kappa shape index (κ3) is 2.72. The SMILES string of the molecule is O=S(=O)(O)c1cn(S(=O)(=O)c2ccccc2)c2nc(Cl)ccc12. The molecule has 0 saturated carbocycles. The van der Waals surface area contributed by atoms with Crippen molar-refractivity contribution in [3.8, 4) is 0 Å². The first-order chi connectivity index (χ1) is 10.7. The van der Waals surface area contributed by atoms with Gasteiger partial charge in [0.05, 0.1) is 4.90 Å². The van der Waals surface area contributed by atoms with Gasteiger partial charge in [-0.2, -0.15) is 8.42 Å². The highest BCUT2D eigenvalue weighted by atomic mass is 35.5. The molecule has 3 aromatic rings. The molecule has 0 bridgehead atoms. The van der Waals surface area contributed by atoms with Crippen LogP contribution in [-0.4, -0.2) is 30.3 Å². The molecular formula is C13H9ClN2O5S2. The third-order valence-corrected chi connectivity index (χ3v) is 5.88. The Morgan fingerprint density at radius 1 is 1.00 bits per heavy atom. The highest BCUT2D eigenvalue weighted by molar-refractivity contribution is 7.90. The lowest BCUT2D eigenvalue weighted by Gasteiger charge is -2.06. The van der Waals surface area contributed by atoms with Gasteiger partial charge in [-0.25, -0.2) is 17.4 Å². The minimum Gasteiger partial charge on any atom is -0.282 e. The van der Waals surface area contributed by atoms with Gasteiger partial charge in [0, 0.05) is 11.6 Å². The van der Waals surface area contributed by atoms with Gasteiger partial charge in [0.1, 0.15) is 10.0 Å². The molecule has 3 rings (SSSR count). The first-order valence-electron chi connectivity index (χ1n) is 6.17. The second-order valence-electron chi connectivity index (χ2n) is 4.59. The Morgan fingerprint density at radius 2 is 1.65 bits per heavy atom. The number of halogens is 1. The number of hydrogen-bond acceptors (Lipinski definition) is 5. The van der Waals surface area contributed by atoms with E-state index in [-0.39, 0.29) is 21.1 Å². The molecule has 0 fully saturated rings. The van der Waals surface area contributed by atoms with E-state index in [1.165, 1.54) is 36.4 Å². The van der Waals surface area contributed by atoms with Crippen LogP contribution < -0.4 is 0 Å². The molecule has 10 heteroatoms. The van der Waals surface area contributed by atoms with Crippen LogP contribution in [0.25, 0.3) is 11.0 Å². The maximum absolute atomic E-state index is 12.7. The van der Waals surface area contributed by atoms with Gasteiger partial charge >= 0.3 is 0 Å². The zero-order chi connectivity index (χ0) is 16.8. The van der Waals surface area contributed by atoms with E-state index in [2.05, 4.69) is 4.98 Å². The van der Waals surface area contributed by atoms with Gasteiger partial charge in [-0.15, -0.1) is 0 Å². The molecule has 0 aliphatic rings. The van der Waals surface area contributed by atoms with E-state index in [0.717, 1.165) is 6.20 Å². The summed E-state index contributed by atoms with van der Waals surface area (Å²) in [6.07, 6.45) is 0.811. The van der Waals surface area contributed by atoms with Crippen LogP contribution in [0.3, 0.4) is 0 Å². The smallest absolute Gasteiger partial charge is 0.282 e. The molecule has 120 valence electrons. The largest absolute Gasteiger partial charge is 0.296 e. The minimum absolute atomic E-state index is 0.0120. The summed E-state index contributed by atoms with van der Waals surface area (Å²) >= 11 is 5.78. The zero-order valence-electron chi connectivity index (χ0n) is 11.3. The average Bonchev–Trinajstić information content (AvgIpc) is 2.87. The lowest BCUT2D eigenvalue weighted by atomic mass is 10.3. The van der Waals surface area contributed by atoms with Crippen molar-refractivity contribution < 1.29 is 21.4 Å². The van der Waals surface area contributed by atoms with Crippen molar-refractivity contribution in [2.24, 2.45) is 0 Å². The molecule has 0 saturated heterocycles. The fraction of sp³-hybridized carbons (Fsp3) is 0. The fourth-order valence-electron chi connectivity index (χ4n) is 2.12. The van der Waals surface area contributed by atoms with Gasteiger partial charge in [-0.05, 0) is 24.3 Å². The Morgan fingerprint density at radius 3 is 2.26 bits per heavy atom. The summed E-state index contributed by atoms with van der Waals surface area (Å²) in [5, 5.41) is -0.0570. The minimum atomic E-state index is -4.63. The third-order valence-electron chi connectivity index (χ3n) is 3.13. The molecule has 1 aromatic carbocycles. The van der Waals surface area contributed by atoms with E-state index in [0.29, 0.717) is 3.97 Å². The van der Waals surface area contributed by atoms with Crippen LogP contribution >= 0.6 is 11.6 Å². The molecule has 2 aromatic heterocycles. The van der Waals surface area contributed by atoms with E-state index < -0.39 is 25.0 Å². The predicted octanol–water partition coefficient (Wildman–Crippen LogP) is 2.17. The molecular weight excluding hydrogens is 364 g/mol. The molecule has 7 nitrogen and oxygen atoms in total. The highest BCUT2D eigenvalue weighted by Crippen LogP contribution is 2.28. The standard InChI is InChI=1S/C13H9ClN2O5S2/c14-12-7-6-10-11(23(19,20)21)8-16(13(10)15-12)22(17,18)9-4-2-1-3-5-9/h1-8H,(H,19,20,21). The van der Waals surface area contributed by atoms with Crippen molar-refractivity contribution in [3.63, 3.8) is 0 Å². The summed E-state index contributed by atoms with van der Waals surface area (Å²) in [4.78, 5) is 3.26. The summed E-state index contributed by atoms with van der Waals surface area (Å²) in [6.45, 7) is 0. The zero-order valence-corrected chi connectivity index (χ0v) is 13.7. The molecule has 0 atom stereocenters. The van der Waals surface area contributed by atoms with Gasteiger partial charge in [0.25, 0.3) is 20.1 Å². The van der Waals surface area contributed by atoms with Crippen LogP contribution in [0.4, 0.5) is 0 Å². The Hall–Kier alpha value is -1.94. The average molecular weight is 373 g/mol. The quantitative estimate of drug-likeness (QED) is 0.557. The monoisotopic (exact) mass is 372 g/mol. The van der Waals surface area contributed by atoms with Crippen molar-refractivity contribution >= 4 is 42.8 Å². The Kier molecular flexibility index (Phi) is 3.68. The Bertz CT molecular complexity index is 1110. The van der Waals surface area contributed by atoms with E-state index in [9.17, 15) is 21.4 Å². The number of fused-ring (bicyclic) bond motifs is 1. The van der Waals surface area contributed by atoms with Crippen molar-refractivity contribution in [1.82, 2.24) is 8.96 Å². The number of aromatic nitrogens is 2. The molecule has 0 spiro atoms. The maximum Gasteiger partial charge on any atom is 0.296 e. The van der Waals surface area contributed by atoms with Crippen LogP contribution in [-0.2, 0) is 20.1 Å². The topological polar surface area (TPSA) is 106 Å². The van der Waals surface area contributed by atoms with Gasteiger partial charge < -0.3 is 0 Å². The maximum atomic E-state index is 12.7. The molecule has 0 aliphatic heterocycles. The second-order valence-corrected chi connectivity index (χ2v) is 8.18. The Balaban J connectivity index is 2.41. The van der Waals surface area contributed by atoms with E-state index >= 15 is 0 Å². The number of benzene rings is 1. The summed E-state index contributed by atoms with van der Waals surface area (Å²) in [7, 11) is -8.73. The molecule has 0 amide bonds. The summed E-state index contributed by atoms with van der Waals surface area (Å²) in [5.74, 6) is 0. The molecule has 0 aliphatic carbocycles. The molecule has 0 unspecified atom stereocenters. The van der Waals surface area contributed by atoms with Crippen LogP contribution in [0.1, 0.15) is 0 Å². The number of rotatable bonds is 3. The Labute approximate surface area is 137 Å². The van der Waals surface area contributed by atoms with Crippen molar-refractivity contribution in [2.45, 2.75) is 9.79 Å². The molecule has 1 N–H and O–H groups in total. The van der Waals surface area contributed by atoms with Crippen molar-refractivity contribution in [2.75, 3.05) is 0 Å². The van der Waals surface area contributed by atoms with Crippen molar-refractivity contribution in [3.05, 3.63) is 53.8 Å². The fourth-order valence-corrected chi connectivity index (χ4v) is 4.34. The number of hydrogen-bond donors (Lipinski definition) is 1. The molecule has 23 heavy (non-hydrogen) atoms. The predicted molar refractivity (Wildman–Crippen MR) is 83.6 cm³/mol. The first-order valence-corrected chi connectivity index (χ1v) is 9.43. The van der Waals surface area contributed by atoms with E-state index in [1.807, 2.05) is 0 Å². The van der Waals surface area contributed by atoms with Crippen LogP contribution in [0, 0.1) is 0 Å². The lowest BCUT2D eigenvalue weighted by Crippen LogP contribution is -2.12.